The van der Waals surface area contributed by atoms with E-state index in [-0.39, 0.29) is 17.7 Å². The van der Waals surface area contributed by atoms with E-state index in [2.05, 4.69) is 16.8 Å². The maximum atomic E-state index is 13.1. The molecular weight excluding hydrogens is 350 g/mol. The van der Waals surface area contributed by atoms with Crippen LogP contribution in [0.2, 0.25) is 0 Å². The Hall–Kier alpha value is -3.34. The number of nitrogens with zero attached hydrogens (tertiary/aromatic N) is 2. The number of aromatic nitrogens is 2. The number of nitrogens with one attached hydrogen (secondary N) is 1. The zero-order valence-corrected chi connectivity index (χ0v) is 16.3. The Morgan fingerprint density at radius 1 is 1.18 bits per heavy atom. The molecular formula is C23H23N3O2. The number of carbonyl (C=O) groups excluding carboxylic acids is 1. The number of phenolic OH excluding ortho intramolecular Hbond substituents is 1. The topological polar surface area (TPSA) is 69.2 Å². The van der Waals surface area contributed by atoms with Gasteiger partial charge in [0.05, 0.1) is 6.04 Å². The second-order valence-corrected chi connectivity index (χ2v) is 7.40. The van der Waals surface area contributed by atoms with Crippen molar-refractivity contribution in [3.05, 3.63) is 82.6 Å². The molecule has 142 valence electrons. The molecule has 1 unspecified atom stereocenters. The number of amides is 1. The van der Waals surface area contributed by atoms with E-state index in [1.165, 1.54) is 0 Å². The Morgan fingerprint density at radius 2 is 1.89 bits per heavy atom. The highest BCUT2D eigenvalue weighted by Crippen LogP contribution is 2.45. The molecule has 0 aliphatic carbocycles. The summed E-state index contributed by atoms with van der Waals surface area (Å²) in [5.41, 5.74) is 6.62. The van der Waals surface area contributed by atoms with Gasteiger partial charge in [-0.15, -0.1) is 6.58 Å². The molecule has 0 saturated heterocycles. The van der Waals surface area contributed by atoms with Crippen LogP contribution in [0.15, 0.2) is 49.1 Å². The van der Waals surface area contributed by atoms with Gasteiger partial charge in [0.15, 0.2) is 0 Å². The fraction of sp³-hybridized carbons (Fsp3) is 0.217. The minimum Gasteiger partial charge on any atom is -0.507 e. The van der Waals surface area contributed by atoms with E-state index in [0.717, 1.165) is 27.8 Å². The molecule has 0 radical (unpaired) electrons. The minimum absolute atomic E-state index is 0.108. The number of hydrogen-bond donors (Lipinski definition) is 2. The highest BCUT2D eigenvalue weighted by molar-refractivity contribution is 6.00. The lowest BCUT2D eigenvalue weighted by molar-refractivity contribution is 0.0764. The van der Waals surface area contributed by atoms with Crippen molar-refractivity contribution in [2.24, 2.45) is 0 Å². The Morgan fingerprint density at radius 3 is 2.54 bits per heavy atom. The predicted molar refractivity (Wildman–Crippen MR) is 109 cm³/mol. The normalized spacial score (nSPS) is 15.8. The zero-order chi connectivity index (χ0) is 20.0. The molecule has 1 aliphatic heterocycles. The van der Waals surface area contributed by atoms with E-state index in [1.54, 1.807) is 17.0 Å². The Kier molecular flexibility index (Phi) is 4.30. The minimum atomic E-state index is -0.282. The molecule has 2 aromatic carbocycles. The molecule has 0 bridgehead atoms. The van der Waals surface area contributed by atoms with Gasteiger partial charge >= 0.3 is 0 Å². The number of rotatable bonds is 4. The lowest BCUT2D eigenvalue weighted by Crippen LogP contribution is -2.29. The van der Waals surface area contributed by atoms with Gasteiger partial charge in [0.2, 0.25) is 0 Å². The van der Waals surface area contributed by atoms with E-state index in [1.807, 2.05) is 51.1 Å². The Bertz CT molecular complexity index is 1060. The zero-order valence-electron chi connectivity index (χ0n) is 16.3. The summed E-state index contributed by atoms with van der Waals surface area (Å²) in [6, 6.07) is 11.6. The quantitative estimate of drug-likeness (QED) is 0.664. The number of aromatic hydroxyl groups is 1. The highest BCUT2D eigenvalue weighted by atomic mass is 16.3. The van der Waals surface area contributed by atoms with Crippen LogP contribution in [0.3, 0.4) is 0 Å². The molecule has 0 saturated carbocycles. The fourth-order valence-electron chi connectivity index (χ4n) is 4.06. The molecule has 4 rings (SSSR count). The van der Waals surface area contributed by atoms with Gasteiger partial charge in [0.25, 0.3) is 5.91 Å². The maximum Gasteiger partial charge on any atom is 0.273 e. The highest BCUT2D eigenvalue weighted by Gasteiger charge is 2.42. The van der Waals surface area contributed by atoms with E-state index >= 15 is 0 Å². The number of fused-ring (bicyclic) bond motifs is 1. The predicted octanol–water partition coefficient (Wildman–Crippen LogP) is 4.44. The first-order chi connectivity index (χ1) is 13.4. The standard InChI is InChI=1S/C23H23N3O2/c1-5-10-26-22(16-8-6-13(2)7-9-16)19-20(24-25-21(19)23(26)28)18-15(4)11-14(3)12-17(18)27/h5-9,11-12,22,27H,1,10H2,2-4H3,(H,24,25). The summed E-state index contributed by atoms with van der Waals surface area (Å²) in [5, 5.41) is 18.0. The van der Waals surface area contributed by atoms with Gasteiger partial charge in [-0.2, -0.15) is 5.10 Å². The van der Waals surface area contributed by atoms with E-state index in [4.69, 9.17) is 0 Å². The van der Waals surface area contributed by atoms with Crippen molar-refractivity contribution in [3.8, 4) is 17.0 Å². The van der Waals surface area contributed by atoms with Crippen LogP contribution < -0.4 is 0 Å². The Labute approximate surface area is 164 Å². The third-order valence-corrected chi connectivity index (χ3v) is 5.28. The Balaban J connectivity index is 1.95. The van der Waals surface area contributed by atoms with E-state index in [0.29, 0.717) is 23.5 Å². The second kappa shape index (κ2) is 6.68. The van der Waals surface area contributed by atoms with E-state index < -0.39 is 0 Å². The number of phenols is 1. The SMILES string of the molecule is C=CCN1C(=O)c2[nH]nc(-c3c(C)cc(C)cc3O)c2C1c1ccc(C)cc1. The number of aryl methyl sites for hydroxylation is 3. The van der Waals surface area contributed by atoms with Crippen LogP contribution in [-0.4, -0.2) is 32.7 Å². The number of benzene rings is 2. The van der Waals surface area contributed by atoms with Crippen LogP contribution >= 0.6 is 0 Å². The average Bonchev–Trinajstić information content (AvgIpc) is 3.16. The van der Waals surface area contributed by atoms with Crippen molar-refractivity contribution < 1.29 is 9.90 Å². The van der Waals surface area contributed by atoms with Gasteiger partial charge in [0, 0.05) is 17.7 Å². The monoisotopic (exact) mass is 373 g/mol. The summed E-state index contributed by atoms with van der Waals surface area (Å²) in [6.45, 7) is 10.2. The smallest absolute Gasteiger partial charge is 0.273 e. The molecule has 0 fully saturated rings. The van der Waals surface area contributed by atoms with Crippen LogP contribution in [0.25, 0.3) is 11.3 Å². The summed E-state index contributed by atoms with van der Waals surface area (Å²) < 4.78 is 0. The molecule has 3 aromatic rings. The number of aromatic amines is 1. The largest absolute Gasteiger partial charge is 0.507 e. The summed E-state index contributed by atoms with van der Waals surface area (Å²) >= 11 is 0. The van der Waals surface area contributed by atoms with E-state index in [9.17, 15) is 9.90 Å². The van der Waals surface area contributed by atoms with Crippen LogP contribution in [0, 0.1) is 20.8 Å². The van der Waals surface area contributed by atoms with Gasteiger partial charge in [-0.1, -0.05) is 42.0 Å². The van der Waals surface area contributed by atoms with Crippen LogP contribution in [0.1, 0.15) is 44.3 Å². The lowest BCUT2D eigenvalue weighted by Gasteiger charge is -2.25. The van der Waals surface area contributed by atoms with Gasteiger partial charge in [-0.05, 0) is 43.5 Å². The summed E-state index contributed by atoms with van der Waals surface area (Å²) in [7, 11) is 0. The average molecular weight is 373 g/mol. The first-order valence-electron chi connectivity index (χ1n) is 9.29. The molecule has 2 N–H and O–H groups in total. The van der Waals surface area contributed by atoms with Crippen molar-refractivity contribution in [2.75, 3.05) is 6.54 Å². The number of hydrogen-bond acceptors (Lipinski definition) is 3. The van der Waals surface area contributed by atoms with Crippen LogP contribution in [0.4, 0.5) is 0 Å². The molecule has 5 heteroatoms. The molecule has 0 spiro atoms. The second-order valence-electron chi connectivity index (χ2n) is 7.40. The van der Waals surface area contributed by atoms with Crippen molar-refractivity contribution >= 4 is 5.91 Å². The lowest BCUT2D eigenvalue weighted by atomic mass is 9.93. The molecule has 2 heterocycles. The molecule has 1 amide bonds. The van der Waals surface area contributed by atoms with Gasteiger partial charge in [0.1, 0.15) is 17.1 Å². The first kappa shape index (κ1) is 18.0. The van der Waals surface area contributed by atoms with Crippen molar-refractivity contribution in [1.82, 2.24) is 15.1 Å². The fourth-order valence-corrected chi connectivity index (χ4v) is 4.06. The molecule has 5 nitrogen and oxygen atoms in total. The van der Waals surface area contributed by atoms with Crippen molar-refractivity contribution in [1.29, 1.82) is 0 Å². The number of carbonyl (C=O) groups is 1. The maximum absolute atomic E-state index is 13.1. The van der Waals surface area contributed by atoms with Gasteiger partial charge in [-0.3, -0.25) is 9.89 Å². The van der Waals surface area contributed by atoms with Crippen LogP contribution in [-0.2, 0) is 0 Å². The van der Waals surface area contributed by atoms with Crippen molar-refractivity contribution in [3.63, 3.8) is 0 Å². The third-order valence-electron chi connectivity index (χ3n) is 5.28. The van der Waals surface area contributed by atoms with Gasteiger partial charge < -0.3 is 10.0 Å². The van der Waals surface area contributed by atoms with Gasteiger partial charge in [-0.25, -0.2) is 0 Å². The third kappa shape index (κ3) is 2.71. The molecule has 1 atom stereocenters. The summed E-state index contributed by atoms with van der Waals surface area (Å²) in [4.78, 5) is 14.8. The summed E-state index contributed by atoms with van der Waals surface area (Å²) in [5.74, 6) is 0.0626. The molecule has 1 aromatic heterocycles. The first-order valence-corrected chi connectivity index (χ1v) is 9.29. The van der Waals surface area contributed by atoms with Crippen molar-refractivity contribution in [2.45, 2.75) is 26.8 Å². The van der Waals surface area contributed by atoms with Crippen LogP contribution in [0.5, 0.6) is 5.75 Å². The summed E-state index contributed by atoms with van der Waals surface area (Å²) in [6.07, 6.45) is 1.73. The molecule has 1 aliphatic rings. The number of H-pyrrole nitrogens is 1. The molecule has 28 heavy (non-hydrogen) atoms.